The Kier molecular flexibility index (Phi) is 3.20. The first kappa shape index (κ1) is 12.2. The van der Waals surface area contributed by atoms with Crippen molar-refractivity contribution in [1.29, 1.82) is 0 Å². The third kappa shape index (κ3) is 2.21. The van der Waals surface area contributed by atoms with Gasteiger partial charge in [0, 0.05) is 11.1 Å². The van der Waals surface area contributed by atoms with E-state index in [-0.39, 0.29) is 0 Å². The number of hydrogen-bond donors (Lipinski definition) is 1. The van der Waals surface area contributed by atoms with Gasteiger partial charge in [0.1, 0.15) is 0 Å². The highest BCUT2D eigenvalue weighted by Gasteiger charge is 2.30. The molecule has 3 unspecified atom stereocenters. The minimum atomic E-state index is 0.566. The highest BCUT2D eigenvalue weighted by molar-refractivity contribution is 7.22. The topological polar surface area (TPSA) is 24.9 Å². The van der Waals surface area contributed by atoms with E-state index in [0.717, 1.165) is 27.5 Å². The van der Waals surface area contributed by atoms with Crippen molar-refractivity contribution in [2.24, 2.45) is 11.8 Å². The molecule has 0 radical (unpaired) electrons. The Hall–Kier alpha value is -0.800. The number of aromatic nitrogens is 1. The van der Waals surface area contributed by atoms with Gasteiger partial charge in [0.25, 0.3) is 0 Å². The molecule has 0 bridgehead atoms. The van der Waals surface area contributed by atoms with E-state index >= 15 is 0 Å². The Morgan fingerprint density at radius 1 is 1.33 bits per heavy atom. The molecule has 0 saturated heterocycles. The Morgan fingerprint density at radius 3 is 2.89 bits per heavy atom. The fourth-order valence-electron chi connectivity index (χ4n) is 2.69. The molecule has 1 heterocycles. The van der Waals surface area contributed by atoms with E-state index in [1.54, 1.807) is 11.3 Å². The molecule has 1 aromatic carbocycles. The lowest BCUT2D eigenvalue weighted by atomic mass is 9.98. The summed E-state index contributed by atoms with van der Waals surface area (Å²) in [4.78, 5) is 4.62. The number of rotatable bonds is 2. The normalized spacial score (nSPS) is 27.8. The quantitative estimate of drug-likeness (QED) is 0.855. The average Bonchev–Trinajstić information content (AvgIpc) is 2.86. The fraction of sp³-hybridized carbons (Fsp3) is 0.500. The highest BCUT2D eigenvalue weighted by atomic mass is 35.5. The van der Waals surface area contributed by atoms with Crippen molar-refractivity contribution < 1.29 is 0 Å². The fourth-order valence-corrected chi connectivity index (χ4v) is 3.76. The van der Waals surface area contributed by atoms with Gasteiger partial charge in [-0.15, -0.1) is 0 Å². The third-order valence-electron chi connectivity index (χ3n) is 4.12. The summed E-state index contributed by atoms with van der Waals surface area (Å²) < 4.78 is 1.19. The Balaban J connectivity index is 1.83. The predicted molar refractivity (Wildman–Crippen MR) is 79.6 cm³/mol. The molecule has 0 aliphatic heterocycles. The van der Waals surface area contributed by atoms with E-state index in [1.807, 2.05) is 18.2 Å². The van der Waals surface area contributed by atoms with E-state index in [9.17, 15) is 0 Å². The molecular weight excluding hydrogens is 264 g/mol. The van der Waals surface area contributed by atoms with Crippen LogP contribution in [0, 0.1) is 11.8 Å². The van der Waals surface area contributed by atoms with Crippen LogP contribution in [0.1, 0.15) is 26.7 Å². The molecule has 1 aliphatic rings. The van der Waals surface area contributed by atoms with Crippen LogP contribution < -0.4 is 5.32 Å². The second-order valence-electron chi connectivity index (χ2n) is 5.30. The molecule has 3 atom stereocenters. The standard InChI is InChI=1S/C14H17ClN2S/c1-8-3-5-11(9(8)2)16-14-17-12-7-10(15)4-6-13(12)18-14/h4,6-9,11H,3,5H2,1-2H3,(H,16,17). The van der Waals surface area contributed by atoms with Gasteiger partial charge in [-0.05, 0) is 42.9 Å². The molecule has 2 aromatic rings. The van der Waals surface area contributed by atoms with Gasteiger partial charge in [0.05, 0.1) is 10.2 Å². The minimum absolute atomic E-state index is 0.566. The van der Waals surface area contributed by atoms with Gasteiger partial charge < -0.3 is 5.32 Å². The van der Waals surface area contributed by atoms with Gasteiger partial charge in [-0.2, -0.15) is 0 Å². The molecule has 2 nitrogen and oxygen atoms in total. The van der Waals surface area contributed by atoms with Crippen molar-refractivity contribution in [3.63, 3.8) is 0 Å². The number of fused-ring (bicyclic) bond motifs is 1. The second-order valence-corrected chi connectivity index (χ2v) is 6.76. The molecule has 1 saturated carbocycles. The maximum absolute atomic E-state index is 5.98. The molecule has 1 N–H and O–H groups in total. The van der Waals surface area contributed by atoms with Crippen LogP contribution in [0.2, 0.25) is 5.02 Å². The van der Waals surface area contributed by atoms with E-state index in [0.29, 0.717) is 6.04 Å². The monoisotopic (exact) mass is 280 g/mol. The van der Waals surface area contributed by atoms with Gasteiger partial charge >= 0.3 is 0 Å². The van der Waals surface area contributed by atoms with Gasteiger partial charge in [-0.1, -0.05) is 36.8 Å². The lowest BCUT2D eigenvalue weighted by Gasteiger charge is -2.18. The van der Waals surface area contributed by atoms with Crippen molar-refractivity contribution in [3.05, 3.63) is 23.2 Å². The average molecular weight is 281 g/mol. The van der Waals surface area contributed by atoms with Crippen LogP contribution in [0.5, 0.6) is 0 Å². The number of benzene rings is 1. The predicted octanol–water partition coefficient (Wildman–Crippen LogP) is 4.80. The molecule has 3 rings (SSSR count). The Labute approximate surface area is 116 Å². The van der Waals surface area contributed by atoms with Crippen molar-refractivity contribution >= 4 is 38.3 Å². The summed E-state index contributed by atoms with van der Waals surface area (Å²) in [6.45, 7) is 4.67. The van der Waals surface area contributed by atoms with Gasteiger partial charge in [-0.3, -0.25) is 0 Å². The molecule has 1 aromatic heterocycles. The lowest BCUT2D eigenvalue weighted by molar-refractivity contribution is 0.435. The summed E-state index contributed by atoms with van der Waals surface area (Å²) in [5.41, 5.74) is 0.994. The molecule has 4 heteroatoms. The maximum Gasteiger partial charge on any atom is 0.184 e. The zero-order chi connectivity index (χ0) is 12.7. The van der Waals surface area contributed by atoms with Gasteiger partial charge in [0.15, 0.2) is 5.13 Å². The number of halogens is 1. The smallest absolute Gasteiger partial charge is 0.184 e. The highest BCUT2D eigenvalue weighted by Crippen LogP contribution is 2.35. The van der Waals surface area contributed by atoms with Crippen LogP contribution >= 0.6 is 22.9 Å². The maximum atomic E-state index is 5.98. The van der Waals surface area contributed by atoms with E-state index < -0.39 is 0 Å². The minimum Gasteiger partial charge on any atom is -0.358 e. The Morgan fingerprint density at radius 2 is 2.17 bits per heavy atom. The molecule has 0 amide bonds. The van der Waals surface area contributed by atoms with Crippen molar-refractivity contribution in [1.82, 2.24) is 4.98 Å². The number of nitrogens with zero attached hydrogens (tertiary/aromatic N) is 1. The van der Waals surface area contributed by atoms with Crippen molar-refractivity contribution in [2.75, 3.05) is 5.32 Å². The number of hydrogen-bond acceptors (Lipinski definition) is 3. The van der Waals surface area contributed by atoms with Crippen LogP contribution in [-0.4, -0.2) is 11.0 Å². The van der Waals surface area contributed by atoms with Crippen LogP contribution in [0.25, 0.3) is 10.2 Å². The number of anilines is 1. The molecule has 96 valence electrons. The molecule has 1 aliphatic carbocycles. The van der Waals surface area contributed by atoms with Crippen molar-refractivity contribution in [2.45, 2.75) is 32.7 Å². The first-order valence-electron chi connectivity index (χ1n) is 6.46. The van der Waals surface area contributed by atoms with E-state index in [4.69, 9.17) is 11.6 Å². The molecule has 1 fully saturated rings. The van der Waals surface area contributed by atoms with Gasteiger partial charge in [-0.25, -0.2) is 4.98 Å². The summed E-state index contributed by atoms with van der Waals surface area (Å²) in [6, 6.07) is 6.46. The first-order valence-corrected chi connectivity index (χ1v) is 7.65. The summed E-state index contributed by atoms with van der Waals surface area (Å²) in [7, 11) is 0. The van der Waals surface area contributed by atoms with Gasteiger partial charge in [0.2, 0.25) is 0 Å². The van der Waals surface area contributed by atoms with Crippen molar-refractivity contribution in [3.8, 4) is 0 Å². The van der Waals surface area contributed by atoms with E-state index in [1.165, 1.54) is 17.5 Å². The zero-order valence-corrected chi connectivity index (χ0v) is 12.2. The van der Waals surface area contributed by atoms with Crippen LogP contribution in [-0.2, 0) is 0 Å². The zero-order valence-electron chi connectivity index (χ0n) is 10.6. The lowest BCUT2D eigenvalue weighted by Crippen LogP contribution is -2.23. The number of thiazole rings is 1. The SMILES string of the molecule is CC1CCC(Nc2nc3cc(Cl)ccc3s2)C1C. The summed E-state index contributed by atoms with van der Waals surface area (Å²) >= 11 is 7.70. The summed E-state index contributed by atoms with van der Waals surface area (Å²) in [6.07, 6.45) is 2.56. The first-order chi connectivity index (χ1) is 8.63. The Bertz CT molecular complexity index is 566. The van der Waals surface area contributed by atoms with Crippen LogP contribution in [0.15, 0.2) is 18.2 Å². The molecule has 18 heavy (non-hydrogen) atoms. The largest absolute Gasteiger partial charge is 0.358 e. The third-order valence-corrected chi connectivity index (χ3v) is 5.33. The number of nitrogens with one attached hydrogen (secondary N) is 1. The van der Waals surface area contributed by atoms with Crippen LogP contribution in [0.3, 0.4) is 0 Å². The summed E-state index contributed by atoms with van der Waals surface area (Å²) in [5, 5.41) is 5.37. The molecule has 0 spiro atoms. The summed E-state index contributed by atoms with van der Waals surface area (Å²) in [5.74, 6) is 1.53. The van der Waals surface area contributed by atoms with Crippen LogP contribution in [0.4, 0.5) is 5.13 Å². The second kappa shape index (κ2) is 4.71. The van der Waals surface area contributed by atoms with E-state index in [2.05, 4.69) is 24.1 Å². The molecular formula is C14H17ClN2S.